The monoisotopic (exact) mass is 247 g/mol. The standard InChI is InChI=1S/C11H21NO5/c1-7(2)16-5-8(12)10(14)17-6-9(13)11(3,4)15/h7-8,15H,5-6,12H2,1-4H3. The van der Waals surface area contributed by atoms with Gasteiger partial charge in [-0.2, -0.15) is 0 Å². The topological polar surface area (TPSA) is 98.9 Å². The summed E-state index contributed by atoms with van der Waals surface area (Å²) in [5.74, 6) is -1.30. The molecule has 100 valence electrons. The van der Waals surface area contributed by atoms with Crippen LogP contribution < -0.4 is 5.73 Å². The molecule has 1 atom stereocenters. The zero-order chi connectivity index (χ0) is 13.6. The molecular formula is C11H21NO5. The van der Waals surface area contributed by atoms with Crippen LogP contribution in [0.1, 0.15) is 27.7 Å². The zero-order valence-electron chi connectivity index (χ0n) is 10.7. The quantitative estimate of drug-likeness (QED) is 0.595. The van der Waals surface area contributed by atoms with Crippen molar-refractivity contribution in [2.24, 2.45) is 5.73 Å². The maximum absolute atomic E-state index is 11.3. The number of carbonyl (C=O) groups excluding carboxylic acids is 2. The van der Waals surface area contributed by atoms with E-state index in [0.717, 1.165) is 0 Å². The number of hydrogen-bond acceptors (Lipinski definition) is 6. The van der Waals surface area contributed by atoms with Crippen LogP contribution in [-0.4, -0.2) is 47.8 Å². The van der Waals surface area contributed by atoms with Crippen LogP contribution in [0, 0.1) is 0 Å². The SMILES string of the molecule is CC(C)OCC(N)C(=O)OCC(=O)C(C)(C)O. The van der Waals surface area contributed by atoms with E-state index in [2.05, 4.69) is 4.74 Å². The van der Waals surface area contributed by atoms with Gasteiger partial charge in [-0.3, -0.25) is 9.59 Å². The Kier molecular flexibility index (Phi) is 6.30. The van der Waals surface area contributed by atoms with Crippen LogP contribution in [0.2, 0.25) is 0 Å². The van der Waals surface area contributed by atoms with E-state index in [9.17, 15) is 14.7 Å². The molecule has 6 heteroatoms. The van der Waals surface area contributed by atoms with E-state index in [0.29, 0.717) is 0 Å². The Morgan fingerprint density at radius 3 is 2.29 bits per heavy atom. The van der Waals surface area contributed by atoms with Gasteiger partial charge in [0, 0.05) is 0 Å². The summed E-state index contributed by atoms with van der Waals surface area (Å²) in [6.07, 6.45) is -0.0353. The van der Waals surface area contributed by atoms with E-state index in [-0.39, 0.29) is 12.7 Å². The van der Waals surface area contributed by atoms with Crippen LogP contribution in [0.4, 0.5) is 0 Å². The lowest BCUT2D eigenvalue weighted by atomic mass is 10.1. The van der Waals surface area contributed by atoms with Crippen LogP contribution in [-0.2, 0) is 19.1 Å². The molecule has 0 bridgehead atoms. The van der Waals surface area contributed by atoms with Gasteiger partial charge in [0.25, 0.3) is 0 Å². The van der Waals surface area contributed by atoms with Crippen LogP contribution in [0.15, 0.2) is 0 Å². The van der Waals surface area contributed by atoms with E-state index < -0.39 is 30.0 Å². The lowest BCUT2D eigenvalue weighted by molar-refractivity contribution is -0.155. The Hall–Kier alpha value is -0.980. The summed E-state index contributed by atoms with van der Waals surface area (Å²) in [7, 11) is 0. The molecule has 0 fully saturated rings. The highest BCUT2D eigenvalue weighted by Gasteiger charge is 2.26. The van der Waals surface area contributed by atoms with E-state index >= 15 is 0 Å². The summed E-state index contributed by atoms with van der Waals surface area (Å²) >= 11 is 0. The number of carbonyl (C=O) groups is 2. The summed E-state index contributed by atoms with van der Waals surface area (Å²) in [6, 6.07) is -0.924. The van der Waals surface area contributed by atoms with Crippen LogP contribution >= 0.6 is 0 Å². The molecule has 0 aromatic carbocycles. The van der Waals surface area contributed by atoms with Gasteiger partial charge in [0.05, 0.1) is 12.7 Å². The molecule has 0 aliphatic rings. The number of Topliss-reactive ketones (excluding diaryl/α,β-unsaturated/α-hetero) is 1. The van der Waals surface area contributed by atoms with Crippen LogP contribution in [0.3, 0.4) is 0 Å². The highest BCUT2D eigenvalue weighted by molar-refractivity contribution is 5.89. The molecule has 0 saturated carbocycles. The number of ether oxygens (including phenoxy) is 2. The predicted octanol–water partition coefficient (Wildman–Crippen LogP) is -0.378. The number of rotatable bonds is 7. The fraction of sp³-hybridized carbons (Fsp3) is 0.818. The predicted molar refractivity (Wildman–Crippen MR) is 61.3 cm³/mol. The van der Waals surface area contributed by atoms with Gasteiger partial charge in [0.2, 0.25) is 5.78 Å². The molecule has 0 heterocycles. The van der Waals surface area contributed by atoms with Crippen molar-refractivity contribution in [1.82, 2.24) is 0 Å². The summed E-state index contributed by atoms with van der Waals surface area (Å²) in [6.45, 7) is 5.83. The first-order chi connectivity index (χ1) is 7.64. The Morgan fingerprint density at radius 2 is 1.88 bits per heavy atom. The van der Waals surface area contributed by atoms with Crippen molar-refractivity contribution in [2.45, 2.75) is 45.4 Å². The second-order valence-corrected chi connectivity index (χ2v) is 4.58. The van der Waals surface area contributed by atoms with Gasteiger partial charge < -0.3 is 20.3 Å². The Labute approximate surface area is 101 Å². The maximum Gasteiger partial charge on any atom is 0.325 e. The normalized spacial score (nSPS) is 13.6. The van der Waals surface area contributed by atoms with Gasteiger partial charge in [-0.05, 0) is 27.7 Å². The second kappa shape index (κ2) is 6.68. The third-order valence-corrected chi connectivity index (χ3v) is 1.94. The Balaban J connectivity index is 3.98. The van der Waals surface area contributed by atoms with Crippen molar-refractivity contribution in [2.75, 3.05) is 13.2 Å². The minimum Gasteiger partial charge on any atom is -0.456 e. The second-order valence-electron chi connectivity index (χ2n) is 4.58. The molecule has 0 aliphatic carbocycles. The molecule has 6 nitrogen and oxygen atoms in total. The first kappa shape index (κ1) is 16.0. The van der Waals surface area contributed by atoms with Gasteiger partial charge in [-0.15, -0.1) is 0 Å². The highest BCUT2D eigenvalue weighted by Crippen LogP contribution is 2.03. The van der Waals surface area contributed by atoms with Crippen molar-refractivity contribution < 1.29 is 24.2 Å². The van der Waals surface area contributed by atoms with Gasteiger partial charge in [0.15, 0.2) is 6.61 Å². The van der Waals surface area contributed by atoms with Crippen LogP contribution in [0.25, 0.3) is 0 Å². The molecule has 1 unspecified atom stereocenters. The first-order valence-electron chi connectivity index (χ1n) is 5.44. The molecule has 3 N–H and O–H groups in total. The molecule has 0 spiro atoms. The van der Waals surface area contributed by atoms with Gasteiger partial charge in [-0.25, -0.2) is 0 Å². The number of esters is 1. The minimum atomic E-state index is -1.52. The van der Waals surface area contributed by atoms with E-state index in [1.165, 1.54) is 13.8 Å². The van der Waals surface area contributed by atoms with Crippen molar-refractivity contribution in [3.8, 4) is 0 Å². The molecule has 0 saturated heterocycles. The largest absolute Gasteiger partial charge is 0.456 e. The van der Waals surface area contributed by atoms with Crippen LogP contribution in [0.5, 0.6) is 0 Å². The molecule has 17 heavy (non-hydrogen) atoms. The van der Waals surface area contributed by atoms with Crippen molar-refractivity contribution in [1.29, 1.82) is 0 Å². The summed E-state index contributed by atoms with van der Waals surface area (Å²) < 4.78 is 9.81. The van der Waals surface area contributed by atoms with Crippen molar-refractivity contribution in [3.05, 3.63) is 0 Å². The third kappa shape index (κ3) is 7.04. The molecule has 0 rings (SSSR count). The summed E-state index contributed by atoms with van der Waals surface area (Å²) in [5.41, 5.74) is 3.97. The average Bonchev–Trinajstić information content (AvgIpc) is 2.20. The fourth-order valence-electron chi connectivity index (χ4n) is 0.784. The zero-order valence-corrected chi connectivity index (χ0v) is 10.7. The van der Waals surface area contributed by atoms with Gasteiger partial charge in [0.1, 0.15) is 11.6 Å². The van der Waals surface area contributed by atoms with Crippen molar-refractivity contribution >= 4 is 11.8 Å². The molecule has 0 radical (unpaired) electrons. The summed E-state index contributed by atoms with van der Waals surface area (Å²) in [5, 5.41) is 9.32. The molecule has 0 amide bonds. The number of aliphatic hydroxyl groups is 1. The maximum atomic E-state index is 11.3. The average molecular weight is 247 g/mol. The first-order valence-corrected chi connectivity index (χ1v) is 5.44. The van der Waals surface area contributed by atoms with Gasteiger partial charge >= 0.3 is 5.97 Å². The molecule has 0 aromatic rings. The number of hydrogen-bond donors (Lipinski definition) is 2. The van der Waals surface area contributed by atoms with E-state index in [1.54, 1.807) is 0 Å². The lowest BCUT2D eigenvalue weighted by Crippen LogP contribution is -2.41. The van der Waals surface area contributed by atoms with Gasteiger partial charge in [-0.1, -0.05) is 0 Å². The molecular weight excluding hydrogens is 226 g/mol. The van der Waals surface area contributed by atoms with Crippen molar-refractivity contribution in [3.63, 3.8) is 0 Å². The summed E-state index contributed by atoms with van der Waals surface area (Å²) in [4.78, 5) is 22.6. The Morgan fingerprint density at radius 1 is 1.35 bits per heavy atom. The smallest absolute Gasteiger partial charge is 0.325 e. The number of ketones is 1. The molecule has 0 aromatic heterocycles. The number of nitrogens with two attached hydrogens (primary N) is 1. The van der Waals surface area contributed by atoms with E-state index in [1.807, 2.05) is 13.8 Å². The molecule has 0 aliphatic heterocycles. The lowest BCUT2D eigenvalue weighted by Gasteiger charge is -2.17. The highest BCUT2D eigenvalue weighted by atomic mass is 16.5. The fourth-order valence-corrected chi connectivity index (χ4v) is 0.784. The Bertz CT molecular complexity index is 270. The van der Waals surface area contributed by atoms with E-state index in [4.69, 9.17) is 10.5 Å². The minimum absolute atomic E-state index is 0.0349. The third-order valence-electron chi connectivity index (χ3n) is 1.94.